The molecule has 5 nitrogen and oxygen atoms in total. The average Bonchev–Trinajstić information content (AvgIpc) is 2.95. The van der Waals surface area contributed by atoms with Crippen molar-refractivity contribution in [3.63, 3.8) is 0 Å². The summed E-state index contributed by atoms with van der Waals surface area (Å²) in [5, 5.41) is 8.83. The number of urea groups is 1. The Balaban J connectivity index is 1.95. The number of nitrogens with zero attached hydrogens (tertiary/aromatic N) is 1. The van der Waals surface area contributed by atoms with Gasteiger partial charge < -0.3 is 10.6 Å². The lowest BCUT2D eigenvalue weighted by molar-refractivity contribution is 0.255. The van der Waals surface area contributed by atoms with Gasteiger partial charge in [-0.3, -0.25) is 10.3 Å². The molecule has 0 aliphatic heterocycles. The van der Waals surface area contributed by atoms with E-state index in [9.17, 15) is 4.79 Å². The Morgan fingerprint density at radius 3 is 2.57 bits per heavy atom. The van der Waals surface area contributed by atoms with E-state index < -0.39 is 0 Å². The summed E-state index contributed by atoms with van der Waals surface area (Å²) in [4.78, 5) is 16.2. The van der Waals surface area contributed by atoms with Gasteiger partial charge >= 0.3 is 6.03 Å². The number of aryl methyl sites for hydroxylation is 2. The van der Waals surface area contributed by atoms with Gasteiger partial charge in [0.15, 0.2) is 5.96 Å². The normalized spacial score (nSPS) is 17.7. The second kappa shape index (κ2) is 6.92. The monoisotopic (exact) mass is 286 g/mol. The second-order valence-electron chi connectivity index (χ2n) is 5.17. The van der Waals surface area contributed by atoms with Crippen LogP contribution in [0, 0.1) is 13.8 Å². The van der Waals surface area contributed by atoms with Crippen molar-refractivity contribution in [3.05, 3.63) is 41.5 Å². The summed E-state index contributed by atoms with van der Waals surface area (Å²) in [5.74, 6) is 0.482. The fourth-order valence-corrected chi connectivity index (χ4v) is 2.35. The van der Waals surface area contributed by atoms with Crippen LogP contribution < -0.4 is 16.0 Å². The van der Waals surface area contributed by atoms with Crippen molar-refractivity contribution in [2.45, 2.75) is 32.7 Å². The van der Waals surface area contributed by atoms with Crippen LogP contribution in [0.5, 0.6) is 0 Å². The minimum Gasteiger partial charge on any atom is -0.350 e. The number of carbonyl (C=O) groups excluding carboxylic acids is 1. The van der Waals surface area contributed by atoms with Crippen molar-refractivity contribution in [3.8, 4) is 0 Å². The average molecular weight is 286 g/mol. The van der Waals surface area contributed by atoms with Crippen molar-refractivity contribution in [1.82, 2.24) is 10.6 Å². The SMILES string of the molecule is CN=C(NC(=O)Nc1c(C)cccc1C)NC1C=CCC1. The van der Waals surface area contributed by atoms with E-state index in [0.29, 0.717) is 5.96 Å². The highest BCUT2D eigenvalue weighted by Crippen LogP contribution is 2.19. The Morgan fingerprint density at radius 2 is 2.00 bits per heavy atom. The van der Waals surface area contributed by atoms with Gasteiger partial charge in [0.1, 0.15) is 0 Å². The van der Waals surface area contributed by atoms with Crippen LogP contribution in [-0.4, -0.2) is 25.1 Å². The fourth-order valence-electron chi connectivity index (χ4n) is 2.35. The highest BCUT2D eigenvalue weighted by atomic mass is 16.2. The number of carbonyl (C=O) groups is 1. The van der Waals surface area contributed by atoms with Gasteiger partial charge in [0.05, 0.1) is 0 Å². The van der Waals surface area contributed by atoms with Crippen LogP contribution in [0.1, 0.15) is 24.0 Å². The lowest BCUT2D eigenvalue weighted by Gasteiger charge is -2.16. The largest absolute Gasteiger partial charge is 0.350 e. The Labute approximate surface area is 125 Å². The van der Waals surface area contributed by atoms with E-state index in [1.807, 2.05) is 32.0 Å². The van der Waals surface area contributed by atoms with Gasteiger partial charge in [-0.1, -0.05) is 30.4 Å². The zero-order valence-corrected chi connectivity index (χ0v) is 12.7. The van der Waals surface area contributed by atoms with Crippen molar-refractivity contribution in [2.24, 2.45) is 4.99 Å². The fraction of sp³-hybridized carbons (Fsp3) is 0.375. The maximum absolute atomic E-state index is 12.1. The summed E-state index contributed by atoms with van der Waals surface area (Å²) in [6.45, 7) is 3.94. The summed E-state index contributed by atoms with van der Waals surface area (Å²) >= 11 is 0. The number of allylic oxidation sites excluding steroid dienone is 1. The highest BCUT2D eigenvalue weighted by molar-refractivity contribution is 6.03. The van der Waals surface area contributed by atoms with Crippen LogP contribution in [-0.2, 0) is 0 Å². The zero-order valence-electron chi connectivity index (χ0n) is 12.7. The molecule has 1 aromatic carbocycles. The predicted molar refractivity (Wildman–Crippen MR) is 86.7 cm³/mol. The van der Waals surface area contributed by atoms with Gasteiger partial charge in [0.25, 0.3) is 0 Å². The number of rotatable bonds is 2. The van der Waals surface area contributed by atoms with Crippen molar-refractivity contribution < 1.29 is 4.79 Å². The molecular weight excluding hydrogens is 264 g/mol. The molecule has 0 spiro atoms. The van der Waals surface area contributed by atoms with Gasteiger partial charge in [-0.25, -0.2) is 4.79 Å². The first-order valence-electron chi connectivity index (χ1n) is 7.14. The third-order valence-electron chi connectivity index (χ3n) is 3.51. The first-order valence-corrected chi connectivity index (χ1v) is 7.14. The molecule has 0 saturated carbocycles. The Morgan fingerprint density at radius 1 is 1.29 bits per heavy atom. The van der Waals surface area contributed by atoms with Gasteiger partial charge in [0.2, 0.25) is 0 Å². The lowest BCUT2D eigenvalue weighted by atomic mass is 10.1. The number of anilines is 1. The van der Waals surface area contributed by atoms with Crippen molar-refractivity contribution >= 4 is 17.7 Å². The van der Waals surface area contributed by atoms with E-state index in [-0.39, 0.29) is 12.1 Å². The van der Waals surface area contributed by atoms with Crippen LogP contribution in [0.3, 0.4) is 0 Å². The number of aliphatic imine (C=N–C) groups is 1. The highest BCUT2D eigenvalue weighted by Gasteiger charge is 2.13. The molecule has 1 atom stereocenters. The third kappa shape index (κ3) is 4.08. The van der Waals surface area contributed by atoms with E-state index in [1.165, 1.54) is 0 Å². The minimum atomic E-state index is -0.289. The summed E-state index contributed by atoms with van der Waals surface area (Å²) in [6, 6.07) is 5.87. The van der Waals surface area contributed by atoms with Crippen LogP contribution >= 0.6 is 0 Å². The molecule has 112 valence electrons. The van der Waals surface area contributed by atoms with E-state index >= 15 is 0 Å². The number of hydrogen-bond acceptors (Lipinski definition) is 2. The second-order valence-corrected chi connectivity index (χ2v) is 5.17. The summed E-state index contributed by atoms with van der Waals surface area (Å²) < 4.78 is 0. The minimum absolute atomic E-state index is 0.240. The van der Waals surface area contributed by atoms with Gasteiger partial charge in [0, 0.05) is 18.8 Å². The molecular formula is C16H22N4O. The lowest BCUT2D eigenvalue weighted by Crippen LogP contribution is -2.46. The molecule has 0 fully saturated rings. The number of hydrogen-bond donors (Lipinski definition) is 3. The Kier molecular flexibility index (Phi) is 4.98. The smallest absolute Gasteiger partial charge is 0.326 e. The van der Waals surface area contributed by atoms with Crippen LogP contribution in [0.4, 0.5) is 10.5 Å². The molecule has 1 aliphatic carbocycles. The van der Waals surface area contributed by atoms with Crippen molar-refractivity contribution in [2.75, 3.05) is 12.4 Å². The molecule has 2 rings (SSSR count). The maximum atomic E-state index is 12.1. The van der Waals surface area contributed by atoms with Crippen LogP contribution in [0.25, 0.3) is 0 Å². The van der Waals surface area contributed by atoms with Gasteiger partial charge in [-0.2, -0.15) is 0 Å². The predicted octanol–water partition coefficient (Wildman–Crippen LogP) is 2.72. The first kappa shape index (κ1) is 15.1. The third-order valence-corrected chi connectivity index (χ3v) is 3.51. The molecule has 2 amide bonds. The Hall–Kier alpha value is -2.30. The summed E-state index contributed by atoms with van der Waals surface area (Å²) in [5.41, 5.74) is 2.91. The van der Waals surface area contributed by atoms with Crippen LogP contribution in [0.2, 0.25) is 0 Å². The standard InChI is InChI=1S/C16H22N4O/c1-11-7-6-8-12(2)14(11)19-16(21)20-15(17-3)18-13-9-4-5-10-13/h4,6-9,13H,5,10H2,1-3H3,(H3,17,18,19,20,21). The van der Waals surface area contributed by atoms with E-state index in [4.69, 9.17) is 0 Å². The molecule has 3 N–H and O–H groups in total. The van der Waals surface area contributed by atoms with E-state index in [2.05, 4.69) is 33.1 Å². The zero-order chi connectivity index (χ0) is 15.2. The Bertz CT molecular complexity index is 557. The topological polar surface area (TPSA) is 65.5 Å². The molecule has 5 heteroatoms. The molecule has 0 heterocycles. The number of guanidine groups is 1. The molecule has 0 aromatic heterocycles. The number of amides is 2. The number of para-hydroxylation sites is 1. The van der Waals surface area contributed by atoms with Gasteiger partial charge in [-0.15, -0.1) is 0 Å². The van der Waals surface area contributed by atoms with Crippen LogP contribution in [0.15, 0.2) is 35.3 Å². The molecule has 0 radical (unpaired) electrons. The van der Waals surface area contributed by atoms with Crippen molar-refractivity contribution in [1.29, 1.82) is 0 Å². The molecule has 0 bridgehead atoms. The number of benzene rings is 1. The molecule has 1 aromatic rings. The molecule has 1 unspecified atom stereocenters. The molecule has 0 saturated heterocycles. The molecule has 21 heavy (non-hydrogen) atoms. The summed E-state index contributed by atoms with van der Waals surface area (Å²) in [6.07, 6.45) is 6.31. The molecule has 1 aliphatic rings. The maximum Gasteiger partial charge on any atom is 0.326 e. The number of nitrogens with one attached hydrogen (secondary N) is 3. The van der Waals surface area contributed by atoms with Gasteiger partial charge in [-0.05, 0) is 37.8 Å². The first-order chi connectivity index (χ1) is 10.1. The quantitative estimate of drug-likeness (QED) is 0.444. The summed E-state index contributed by atoms with van der Waals surface area (Å²) in [7, 11) is 1.65. The van der Waals surface area contributed by atoms with E-state index in [1.54, 1.807) is 7.05 Å². The van der Waals surface area contributed by atoms with E-state index in [0.717, 1.165) is 29.7 Å².